The molecule has 134 valence electrons. The third-order valence-electron chi connectivity index (χ3n) is 4.98. The van der Waals surface area contributed by atoms with E-state index in [4.69, 9.17) is 28.2 Å². The van der Waals surface area contributed by atoms with E-state index < -0.39 is 6.10 Å². The van der Waals surface area contributed by atoms with Crippen molar-refractivity contribution in [1.82, 2.24) is 10.3 Å². The quantitative estimate of drug-likeness (QED) is 0.634. The number of nitrogens with one attached hydrogen (secondary N) is 1. The van der Waals surface area contributed by atoms with E-state index in [-0.39, 0.29) is 6.04 Å². The van der Waals surface area contributed by atoms with Crippen LogP contribution in [0.4, 0.5) is 0 Å². The highest BCUT2D eigenvalue weighted by Crippen LogP contribution is 2.36. The van der Waals surface area contributed by atoms with Crippen LogP contribution in [0.15, 0.2) is 48.5 Å². The van der Waals surface area contributed by atoms with Gasteiger partial charge in [0.2, 0.25) is 0 Å². The standard InChI is InChI=1S/C21H20Cl2N2O/c22-14-10-15-16(21(26)18-8-4-5-9-24-18)12-19(13-6-2-1-3-7-13)25-20(15)17(23)11-14/h1-3,6-7,10-12,18,21,24,26H,4-5,8-9H2/t18-,21+/m0/s1. The summed E-state index contributed by atoms with van der Waals surface area (Å²) in [6, 6.07) is 15.5. The molecule has 1 aliphatic heterocycles. The van der Waals surface area contributed by atoms with Crippen molar-refractivity contribution in [2.45, 2.75) is 31.4 Å². The van der Waals surface area contributed by atoms with E-state index in [1.54, 1.807) is 6.07 Å². The van der Waals surface area contributed by atoms with Gasteiger partial charge in [0, 0.05) is 22.0 Å². The Morgan fingerprint density at radius 1 is 1.08 bits per heavy atom. The minimum atomic E-state index is -0.641. The summed E-state index contributed by atoms with van der Waals surface area (Å²) in [6.45, 7) is 0.928. The molecule has 0 unspecified atom stereocenters. The maximum atomic E-state index is 11.1. The molecule has 2 heterocycles. The number of halogens is 2. The second-order valence-corrected chi connectivity index (χ2v) is 7.59. The van der Waals surface area contributed by atoms with Crippen molar-refractivity contribution in [2.75, 3.05) is 6.54 Å². The van der Waals surface area contributed by atoms with Crippen molar-refractivity contribution in [3.63, 3.8) is 0 Å². The summed E-state index contributed by atoms with van der Waals surface area (Å²) in [5, 5.41) is 16.4. The Morgan fingerprint density at radius 2 is 1.88 bits per heavy atom. The highest BCUT2D eigenvalue weighted by Gasteiger charge is 2.25. The number of nitrogens with zero attached hydrogens (tertiary/aromatic N) is 1. The van der Waals surface area contributed by atoms with Crippen molar-refractivity contribution in [2.24, 2.45) is 0 Å². The highest BCUT2D eigenvalue weighted by atomic mass is 35.5. The molecule has 0 radical (unpaired) electrons. The first-order valence-electron chi connectivity index (χ1n) is 8.90. The van der Waals surface area contributed by atoms with E-state index in [0.717, 1.165) is 48.0 Å². The summed E-state index contributed by atoms with van der Waals surface area (Å²) in [4.78, 5) is 4.75. The Bertz CT molecular complexity index is 924. The predicted octanol–water partition coefficient (Wildman–Crippen LogP) is 5.38. The van der Waals surface area contributed by atoms with E-state index >= 15 is 0 Å². The number of pyridine rings is 1. The van der Waals surface area contributed by atoms with Gasteiger partial charge in [-0.3, -0.25) is 0 Å². The van der Waals surface area contributed by atoms with E-state index in [0.29, 0.717) is 15.6 Å². The van der Waals surface area contributed by atoms with Gasteiger partial charge in [0.15, 0.2) is 0 Å². The average molecular weight is 387 g/mol. The smallest absolute Gasteiger partial charge is 0.0950 e. The van der Waals surface area contributed by atoms with Crippen LogP contribution in [-0.4, -0.2) is 22.7 Å². The number of aromatic nitrogens is 1. The predicted molar refractivity (Wildman–Crippen MR) is 108 cm³/mol. The van der Waals surface area contributed by atoms with Gasteiger partial charge in [-0.1, -0.05) is 60.0 Å². The number of fused-ring (bicyclic) bond motifs is 1. The first-order valence-corrected chi connectivity index (χ1v) is 9.65. The SMILES string of the molecule is O[C@H](c1cc(-c2ccccc2)nc2c(Cl)cc(Cl)cc12)[C@@H]1CCCCN1. The molecule has 3 aromatic rings. The van der Waals surface area contributed by atoms with Crippen LogP contribution in [0, 0.1) is 0 Å². The molecular formula is C21H20Cl2N2O. The Labute approximate surface area is 163 Å². The van der Waals surface area contributed by atoms with E-state index in [1.807, 2.05) is 42.5 Å². The van der Waals surface area contributed by atoms with Crippen LogP contribution in [0.2, 0.25) is 10.0 Å². The molecule has 4 rings (SSSR count). The zero-order valence-corrected chi connectivity index (χ0v) is 15.8. The molecule has 5 heteroatoms. The topological polar surface area (TPSA) is 45.2 Å². The fourth-order valence-corrected chi connectivity index (χ4v) is 4.18. The van der Waals surface area contributed by atoms with Crippen LogP contribution in [0.25, 0.3) is 22.2 Å². The Kier molecular flexibility index (Phi) is 5.14. The van der Waals surface area contributed by atoms with E-state index in [1.165, 1.54) is 0 Å². The van der Waals surface area contributed by atoms with E-state index in [2.05, 4.69) is 5.32 Å². The van der Waals surface area contributed by atoms with Crippen LogP contribution in [0.3, 0.4) is 0 Å². The van der Waals surface area contributed by atoms with Crippen LogP contribution < -0.4 is 5.32 Å². The largest absolute Gasteiger partial charge is 0.387 e. The Morgan fingerprint density at radius 3 is 2.62 bits per heavy atom. The van der Waals surface area contributed by atoms with Crippen molar-refractivity contribution in [3.05, 3.63) is 64.1 Å². The molecule has 2 aromatic carbocycles. The van der Waals surface area contributed by atoms with Crippen molar-refractivity contribution < 1.29 is 5.11 Å². The summed E-state index contributed by atoms with van der Waals surface area (Å²) in [5.74, 6) is 0. The maximum absolute atomic E-state index is 11.1. The average Bonchev–Trinajstić information content (AvgIpc) is 2.68. The number of piperidine rings is 1. The molecule has 1 aromatic heterocycles. The van der Waals surface area contributed by atoms with Crippen LogP contribution in [-0.2, 0) is 0 Å². The van der Waals surface area contributed by atoms with Gasteiger partial charge >= 0.3 is 0 Å². The van der Waals surface area contributed by atoms with Gasteiger partial charge in [-0.25, -0.2) is 4.98 Å². The summed E-state index contributed by atoms with van der Waals surface area (Å²) in [6.07, 6.45) is 2.57. The lowest BCUT2D eigenvalue weighted by atomic mass is 9.92. The normalized spacial score (nSPS) is 18.8. The minimum absolute atomic E-state index is 0.0238. The third-order valence-corrected chi connectivity index (χ3v) is 5.49. The Hall–Kier alpha value is -1.65. The van der Waals surface area contributed by atoms with E-state index in [9.17, 15) is 5.11 Å². The van der Waals surface area contributed by atoms with Gasteiger partial charge < -0.3 is 10.4 Å². The summed E-state index contributed by atoms with van der Waals surface area (Å²) >= 11 is 12.7. The monoisotopic (exact) mass is 386 g/mol. The molecular weight excluding hydrogens is 367 g/mol. The highest BCUT2D eigenvalue weighted by molar-refractivity contribution is 6.38. The molecule has 1 aliphatic rings. The number of aliphatic hydroxyl groups is 1. The molecule has 0 saturated carbocycles. The molecule has 3 nitrogen and oxygen atoms in total. The molecule has 0 aliphatic carbocycles. The lowest BCUT2D eigenvalue weighted by molar-refractivity contribution is 0.115. The molecule has 0 bridgehead atoms. The van der Waals surface area contributed by atoms with Crippen LogP contribution >= 0.6 is 23.2 Å². The molecule has 26 heavy (non-hydrogen) atoms. The van der Waals surface area contributed by atoms with Gasteiger partial charge in [-0.15, -0.1) is 0 Å². The first-order chi connectivity index (χ1) is 12.6. The molecule has 1 fully saturated rings. The fraction of sp³-hybridized carbons (Fsp3) is 0.286. The molecule has 0 amide bonds. The summed E-state index contributed by atoms with van der Waals surface area (Å²) < 4.78 is 0. The number of hydrogen-bond donors (Lipinski definition) is 2. The number of benzene rings is 2. The molecule has 2 N–H and O–H groups in total. The van der Waals surface area contributed by atoms with Gasteiger partial charge in [0.1, 0.15) is 0 Å². The zero-order valence-electron chi connectivity index (χ0n) is 14.3. The fourth-order valence-electron chi connectivity index (χ4n) is 3.64. The number of aliphatic hydroxyl groups excluding tert-OH is 1. The second kappa shape index (κ2) is 7.53. The first kappa shape index (κ1) is 17.7. The molecule has 2 atom stereocenters. The van der Waals surface area contributed by atoms with Gasteiger partial charge in [0.25, 0.3) is 0 Å². The van der Waals surface area contributed by atoms with Crippen LogP contribution in [0.5, 0.6) is 0 Å². The second-order valence-electron chi connectivity index (χ2n) is 6.75. The molecule has 1 saturated heterocycles. The van der Waals surface area contributed by atoms with Crippen molar-refractivity contribution in [1.29, 1.82) is 0 Å². The zero-order chi connectivity index (χ0) is 18.1. The van der Waals surface area contributed by atoms with Crippen molar-refractivity contribution in [3.8, 4) is 11.3 Å². The Balaban J connectivity index is 1.90. The maximum Gasteiger partial charge on any atom is 0.0950 e. The minimum Gasteiger partial charge on any atom is -0.387 e. The van der Waals surface area contributed by atoms with Gasteiger partial charge in [-0.05, 0) is 43.1 Å². The van der Waals surface area contributed by atoms with Crippen molar-refractivity contribution >= 4 is 34.1 Å². The summed E-state index contributed by atoms with van der Waals surface area (Å²) in [5.41, 5.74) is 3.28. The lowest BCUT2D eigenvalue weighted by Crippen LogP contribution is -2.38. The third kappa shape index (κ3) is 3.45. The van der Waals surface area contributed by atoms with Crippen LogP contribution in [0.1, 0.15) is 30.9 Å². The number of hydrogen-bond acceptors (Lipinski definition) is 3. The summed E-state index contributed by atoms with van der Waals surface area (Å²) in [7, 11) is 0. The van der Waals surface area contributed by atoms with Gasteiger partial charge in [-0.2, -0.15) is 0 Å². The number of rotatable bonds is 3. The van der Waals surface area contributed by atoms with Gasteiger partial charge in [0.05, 0.1) is 22.3 Å². The molecule has 0 spiro atoms. The lowest BCUT2D eigenvalue weighted by Gasteiger charge is -2.29.